The largest absolute Gasteiger partial charge is 0.493 e. The van der Waals surface area contributed by atoms with Crippen molar-refractivity contribution in [3.63, 3.8) is 0 Å². The van der Waals surface area contributed by atoms with Crippen LogP contribution in [0.2, 0.25) is 0 Å². The molecule has 29 heavy (non-hydrogen) atoms. The maximum atomic E-state index is 12.8. The zero-order valence-corrected chi connectivity index (χ0v) is 16.5. The molecule has 3 rings (SSSR count). The van der Waals surface area contributed by atoms with Crippen LogP contribution in [-0.4, -0.2) is 24.5 Å². The molecule has 1 amide bonds. The minimum Gasteiger partial charge on any atom is -0.493 e. The van der Waals surface area contributed by atoms with Gasteiger partial charge in [-0.05, 0) is 36.2 Å². The molecule has 0 aliphatic heterocycles. The van der Waals surface area contributed by atoms with Crippen LogP contribution in [0.3, 0.4) is 0 Å². The molecule has 0 fully saturated rings. The third-order valence-corrected chi connectivity index (χ3v) is 4.64. The molecule has 7 nitrogen and oxygen atoms in total. The number of benzene rings is 3. The molecule has 1 atom stereocenters. The van der Waals surface area contributed by atoms with Crippen LogP contribution < -0.4 is 14.8 Å². The molecule has 0 saturated heterocycles. The lowest BCUT2D eigenvalue weighted by atomic mass is 10.0. The highest BCUT2D eigenvalue weighted by atomic mass is 16.6. The van der Waals surface area contributed by atoms with Gasteiger partial charge in [-0.3, -0.25) is 14.9 Å². The zero-order valence-electron chi connectivity index (χ0n) is 16.5. The molecular weight excluding hydrogens is 372 g/mol. The zero-order chi connectivity index (χ0) is 21.0. The average molecular weight is 394 g/mol. The molecule has 7 heteroatoms. The van der Waals surface area contributed by atoms with Gasteiger partial charge in [-0.2, -0.15) is 0 Å². The number of hydrogen-bond acceptors (Lipinski definition) is 5. The van der Waals surface area contributed by atoms with E-state index in [-0.39, 0.29) is 28.8 Å². The van der Waals surface area contributed by atoms with E-state index in [4.69, 9.17) is 9.47 Å². The molecule has 0 spiro atoms. The van der Waals surface area contributed by atoms with Crippen molar-refractivity contribution >= 4 is 22.4 Å². The van der Waals surface area contributed by atoms with Gasteiger partial charge < -0.3 is 14.8 Å². The van der Waals surface area contributed by atoms with E-state index in [0.29, 0.717) is 6.61 Å². The van der Waals surface area contributed by atoms with Gasteiger partial charge in [0.15, 0.2) is 11.5 Å². The van der Waals surface area contributed by atoms with Crippen LogP contribution in [0, 0.1) is 10.1 Å². The number of ether oxygens (including phenoxy) is 2. The SMILES string of the molecule is CCOc1cc([N+](=O)[O-])c(C(=O)NC(C)c2ccc3ccccc3c2)cc1OC. The molecule has 0 radical (unpaired) electrons. The summed E-state index contributed by atoms with van der Waals surface area (Å²) in [6.07, 6.45) is 0. The molecule has 3 aromatic rings. The van der Waals surface area contributed by atoms with Crippen molar-refractivity contribution in [3.05, 3.63) is 75.8 Å². The molecule has 1 N–H and O–H groups in total. The van der Waals surface area contributed by atoms with Crippen molar-refractivity contribution < 1.29 is 19.2 Å². The molecule has 3 aromatic carbocycles. The number of methoxy groups -OCH3 is 1. The number of rotatable bonds is 7. The van der Waals surface area contributed by atoms with Crippen LogP contribution in [-0.2, 0) is 0 Å². The van der Waals surface area contributed by atoms with Crippen molar-refractivity contribution in [3.8, 4) is 11.5 Å². The Morgan fingerprint density at radius 2 is 1.83 bits per heavy atom. The summed E-state index contributed by atoms with van der Waals surface area (Å²) in [6.45, 7) is 3.91. The Morgan fingerprint density at radius 1 is 1.10 bits per heavy atom. The van der Waals surface area contributed by atoms with Gasteiger partial charge in [0.1, 0.15) is 5.56 Å². The van der Waals surface area contributed by atoms with Gasteiger partial charge in [-0.25, -0.2) is 0 Å². The van der Waals surface area contributed by atoms with Gasteiger partial charge in [0, 0.05) is 6.07 Å². The van der Waals surface area contributed by atoms with Gasteiger partial charge in [0.25, 0.3) is 11.6 Å². The van der Waals surface area contributed by atoms with E-state index in [0.717, 1.165) is 16.3 Å². The van der Waals surface area contributed by atoms with E-state index < -0.39 is 10.8 Å². The maximum Gasteiger partial charge on any atom is 0.286 e. The fourth-order valence-electron chi connectivity index (χ4n) is 3.14. The van der Waals surface area contributed by atoms with Crippen LogP contribution in [0.4, 0.5) is 5.69 Å². The summed E-state index contributed by atoms with van der Waals surface area (Å²) >= 11 is 0. The van der Waals surface area contributed by atoms with E-state index >= 15 is 0 Å². The number of amides is 1. The summed E-state index contributed by atoms with van der Waals surface area (Å²) in [5, 5.41) is 16.5. The van der Waals surface area contributed by atoms with E-state index in [1.165, 1.54) is 19.2 Å². The normalized spacial score (nSPS) is 11.7. The number of nitrogens with one attached hydrogen (secondary N) is 1. The lowest BCUT2D eigenvalue weighted by Gasteiger charge is -2.16. The summed E-state index contributed by atoms with van der Waals surface area (Å²) < 4.78 is 10.6. The van der Waals surface area contributed by atoms with E-state index in [2.05, 4.69) is 5.32 Å². The van der Waals surface area contributed by atoms with Crippen molar-refractivity contribution in [2.24, 2.45) is 0 Å². The van der Waals surface area contributed by atoms with Gasteiger partial charge in [-0.1, -0.05) is 36.4 Å². The highest BCUT2D eigenvalue weighted by Crippen LogP contribution is 2.35. The Balaban J connectivity index is 1.91. The number of carbonyl (C=O) groups is 1. The number of carbonyl (C=O) groups excluding carboxylic acids is 1. The van der Waals surface area contributed by atoms with Crippen molar-refractivity contribution in [2.45, 2.75) is 19.9 Å². The quantitative estimate of drug-likeness (QED) is 0.465. The van der Waals surface area contributed by atoms with Crippen LogP contribution in [0.15, 0.2) is 54.6 Å². The van der Waals surface area contributed by atoms with Crippen LogP contribution in [0.1, 0.15) is 35.8 Å². The number of fused-ring (bicyclic) bond motifs is 1. The number of nitrogens with zero attached hydrogens (tertiary/aromatic N) is 1. The lowest BCUT2D eigenvalue weighted by molar-refractivity contribution is -0.385. The first-order valence-corrected chi connectivity index (χ1v) is 9.23. The third kappa shape index (κ3) is 4.29. The predicted molar refractivity (Wildman–Crippen MR) is 111 cm³/mol. The Kier molecular flexibility index (Phi) is 5.97. The Labute approximate surface area is 168 Å². The van der Waals surface area contributed by atoms with Gasteiger partial charge in [0.2, 0.25) is 0 Å². The van der Waals surface area contributed by atoms with E-state index in [9.17, 15) is 14.9 Å². The van der Waals surface area contributed by atoms with Crippen molar-refractivity contribution in [2.75, 3.05) is 13.7 Å². The summed E-state index contributed by atoms with van der Waals surface area (Å²) in [5.41, 5.74) is 0.484. The molecule has 150 valence electrons. The molecule has 0 bridgehead atoms. The molecule has 0 aromatic heterocycles. The number of nitro groups is 1. The van der Waals surface area contributed by atoms with E-state index in [1.54, 1.807) is 6.92 Å². The van der Waals surface area contributed by atoms with Crippen molar-refractivity contribution in [1.29, 1.82) is 0 Å². The molecule has 0 heterocycles. The fourth-order valence-corrected chi connectivity index (χ4v) is 3.14. The van der Waals surface area contributed by atoms with Crippen LogP contribution >= 0.6 is 0 Å². The maximum absolute atomic E-state index is 12.8. The topological polar surface area (TPSA) is 90.7 Å². The highest BCUT2D eigenvalue weighted by Gasteiger charge is 2.25. The summed E-state index contributed by atoms with van der Waals surface area (Å²) in [7, 11) is 1.42. The first kappa shape index (κ1) is 20.1. The average Bonchev–Trinajstić information content (AvgIpc) is 2.73. The summed E-state index contributed by atoms with van der Waals surface area (Å²) in [4.78, 5) is 23.8. The second kappa shape index (κ2) is 8.60. The van der Waals surface area contributed by atoms with Crippen LogP contribution in [0.25, 0.3) is 10.8 Å². The standard InChI is InChI=1S/C22H22N2O5/c1-4-29-21-13-19(24(26)27)18(12-20(21)28-3)22(25)23-14(2)16-10-9-15-7-5-6-8-17(15)11-16/h5-14H,4H2,1-3H3,(H,23,25). The number of nitro benzene ring substituents is 1. The lowest BCUT2D eigenvalue weighted by Crippen LogP contribution is -2.27. The van der Waals surface area contributed by atoms with Gasteiger partial charge >= 0.3 is 0 Å². The second-order valence-corrected chi connectivity index (χ2v) is 6.51. The Hall–Kier alpha value is -3.61. The number of hydrogen-bond donors (Lipinski definition) is 1. The first-order chi connectivity index (χ1) is 13.9. The molecule has 0 aliphatic carbocycles. The van der Waals surface area contributed by atoms with Gasteiger partial charge in [-0.15, -0.1) is 0 Å². The Bertz CT molecular complexity index is 1060. The summed E-state index contributed by atoms with van der Waals surface area (Å²) in [5.74, 6) is -0.0690. The summed E-state index contributed by atoms with van der Waals surface area (Å²) in [6, 6.07) is 16.0. The third-order valence-electron chi connectivity index (χ3n) is 4.64. The Morgan fingerprint density at radius 3 is 2.48 bits per heavy atom. The minimum absolute atomic E-state index is 0.0806. The second-order valence-electron chi connectivity index (χ2n) is 6.51. The molecule has 0 aliphatic rings. The van der Waals surface area contributed by atoms with Crippen LogP contribution in [0.5, 0.6) is 11.5 Å². The smallest absolute Gasteiger partial charge is 0.286 e. The van der Waals surface area contributed by atoms with Crippen molar-refractivity contribution in [1.82, 2.24) is 5.32 Å². The minimum atomic E-state index is -0.600. The monoisotopic (exact) mass is 394 g/mol. The first-order valence-electron chi connectivity index (χ1n) is 9.23. The molecule has 1 unspecified atom stereocenters. The molecule has 0 saturated carbocycles. The molecular formula is C22H22N2O5. The predicted octanol–water partition coefficient (Wildman–Crippen LogP) is 4.65. The van der Waals surface area contributed by atoms with E-state index in [1.807, 2.05) is 49.4 Å². The van der Waals surface area contributed by atoms with Gasteiger partial charge in [0.05, 0.1) is 30.7 Å². The highest BCUT2D eigenvalue weighted by molar-refractivity contribution is 5.99. The fraction of sp³-hybridized carbons (Fsp3) is 0.227.